The van der Waals surface area contributed by atoms with Crippen molar-refractivity contribution in [1.29, 1.82) is 0 Å². The number of sulfonamides is 1. The predicted molar refractivity (Wildman–Crippen MR) is 87.1 cm³/mol. The minimum atomic E-state index is -3.36. The topological polar surface area (TPSA) is 61.4 Å². The van der Waals surface area contributed by atoms with Crippen LogP contribution in [0.2, 0.25) is 0 Å². The van der Waals surface area contributed by atoms with Gasteiger partial charge in [0.25, 0.3) is 0 Å². The normalized spacial score (nSPS) is 18.2. The highest BCUT2D eigenvalue weighted by atomic mass is 32.2. The quantitative estimate of drug-likeness (QED) is 0.794. The van der Waals surface area contributed by atoms with E-state index < -0.39 is 10.0 Å². The monoisotopic (exact) mass is 331 g/mol. The molecule has 0 bridgehead atoms. The molecule has 0 aromatic carbocycles. The lowest BCUT2D eigenvalue weighted by Crippen LogP contribution is -2.38. The van der Waals surface area contributed by atoms with Gasteiger partial charge in [0, 0.05) is 23.3 Å². The molecule has 5 nitrogen and oxygen atoms in total. The molecule has 0 spiro atoms. The lowest BCUT2D eigenvalue weighted by Gasteiger charge is -2.30. The van der Waals surface area contributed by atoms with Crippen molar-refractivity contribution < 1.29 is 8.42 Å². The van der Waals surface area contributed by atoms with Crippen LogP contribution < -0.4 is 10.0 Å². The van der Waals surface area contributed by atoms with Crippen LogP contribution in [0.15, 0.2) is 16.3 Å². The number of thiophene rings is 1. The first-order valence-corrected chi connectivity index (χ1v) is 9.85. The number of nitrogens with one attached hydrogen (secondary N) is 2. The summed E-state index contributed by atoms with van der Waals surface area (Å²) in [5.74, 6) is 0.456. The molecular weight excluding hydrogens is 306 g/mol. The van der Waals surface area contributed by atoms with E-state index in [9.17, 15) is 8.42 Å². The molecule has 1 fully saturated rings. The third-order valence-corrected chi connectivity index (χ3v) is 6.50. The van der Waals surface area contributed by atoms with Crippen molar-refractivity contribution in [2.24, 2.45) is 5.92 Å². The molecule has 0 amide bonds. The van der Waals surface area contributed by atoms with Gasteiger partial charge in [0.15, 0.2) is 0 Å². The maximum atomic E-state index is 12.3. The number of hydrogen-bond acceptors (Lipinski definition) is 5. The van der Waals surface area contributed by atoms with E-state index in [1.165, 1.54) is 11.3 Å². The highest BCUT2D eigenvalue weighted by Gasteiger charge is 2.21. The molecule has 1 aliphatic rings. The van der Waals surface area contributed by atoms with E-state index in [1.54, 1.807) is 11.4 Å². The molecule has 7 heteroatoms. The van der Waals surface area contributed by atoms with E-state index in [1.807, 2.05) is 7.05 Å². The Bertz CT molecular complexity index is 534. The van der Waals surface area contributed by atoms with Crippen molar-refractivity contribution >= 4 is 21.4 Å². The molecule has 120 valence electrons. The Morgan fingerprint density at radius 3 is 2.71 bits per heavy atom. The fourth-order valence-corrected chi connectivity index (χ4v) is 4.99. The highest BCUT2D eigenvalue weighted by molar-refractivity contribution is 7.89. The average molecular weight is 332 g/mol. The minimum absolute atomic E-state index is 0.392. The number of piperidine rings is 1. The Hall–Kier alpha value is -0.470. The fourth-order valence-electron chi connectivity index (χ4n) is 2.59. The maximum absolute atomic E-state index is 12.3. The zero-order valence-corrected chi connectivity index (χ0v) is 14.4. The zero-order valence-electron chi connectivity index (χ0n) is 12.8. The van der Waals surface area contributed by atoms with Crippen LogP contribution >= 0.6 is 11.3 Å². The molecule has 1 aromatic rings. The van der Waals surface area contributed by atoms with E-state index in [0.717, 1.165) is 37.4 Å². The Balaban J connectivity index is 1.86. The summed E-state index contributed by atoms with van der Waals surface area (Å²) >= 11 is 1.48. The van der Waals surface area contributed by atoms with E-state index in [4.69, 9.17) is 0 Å². The van der Waals surface area contributed by atoms with Gasteiger partial charge in [-0.2, -0.15) is 0 Å². The second-order valence-corrected chi connectivity index (χ2v) is 8.27. The third-order valence-electron chi connectivity index (χ3n) is 4.01. The molecule has 1 saturated heterocycles. The number of hydrogen-bond donors (Lipinski definition) is 2. The molecule has 21 heavy (non-hydrogen) atoms. The van der Waals surface area contributed by atoms with Crippen molar-refractivity contribution in [3.05, 3.63) is 16.3 Å². The van der Waals surface area contributed by atoms with E-state index in [0.29, 0.717) is 23.9 Å². The number of nitrogens with zero attached hydrogens (tertiary/aromatic N) is 1. The molecule has 1 aliphatic heterocycles. The number of likely N-dealkylation sites (tertiary alicyclic amines) is 1. The Labute approximate surface area is 131 Å². The van der Waals surface area contributed by atoms with E-state index >= 15 is 0 Å². The van der Waals surface area contributed by atoms with Gasteiger partial charge in [0.1, 0.15) is 0 Å². The summed E-state index contributed by atoms with van der Waals surface area (Å²) in [5, 5.41) is 4.75. The molecule has 2 N–H and O–H groups in total. The van der Waals surface area contributed by atoms with Crippen LogP contribution in [0.3, 0.4) is 0 Å². The fraction of sp³-hybridized carbons (Fsp3) is 0.714. The second kappa shape index (κ2) is 7.69. The summed E-state index contributed by atoms with van der Waals surface area (Å²) in [6.07, 6.45) is 2.15. The van der Waals surface area contributed by atoms with Gasteiger partial charge in [-0.15, -0.1) is 11.3 Å². The van der Waals surface area contributed by atoms with Crippen LogP contribution in [0.5, 0.6) is 0 Å². The molecule has 0 atom stereocenters. The summed E-state index contributed by atoms with van der Waals surface area (Å²) in [5.41, 5.74) is 0. The van der Waals surface area contributed by atoms with Crippen molar-refractivity contribution in [1.82, 2.24) is 14.9 Å². The van der Waals surface area contributed by atoms with Crippen LogP contribution in [0.4, 0.5) is 0 Å². The molecule has 0 aliphatic carbocycles. The maximum Gasteiger partial charge on any atom is 0.241 e. The summed E-state index contributed by atoms with van der Waals surface area (Å²) in [4.78, 5) is 3.84. The predicted octanol–water partition coefficient (Wildman–Crippen LogP) is 1.48. The van der Waals surface area contributed by atoms with Crippen LogP contribution in [0.25, 0.3) is 0 Å². The molecule has 1 aromatic heterocycles. The van der Waals surface area contributed by atoms with E-state index in [-0.39, 0.29) is 0 Å². The molecule has 0 unspecified atom stereocenters. The summed E-state index contributed by atoms with van der Waals surface area (Å²) in [7, 11) is -1.50. The Morgan fingerprint density at radius 2 is 2.10 bits per heavy atom. The standard InChI is InChI=1S/C14H25N3O2S2/c1-3-17-6-4-12(5-7-17)9-16-21(18,19)14-8-13(10-15-2)20-11-14/h8,11-12,15-16H,3-7,9-10H2,1-2H3. The van der Waals surface area contributed by atoms with Gasteiger partial charge in [-0.1, -0.05) is 6.92 Å². The third kappa shape index (κ3) is 4.75. The van der Waals surface area contributed by atoms with Crippen molar-refractivity contribution in [3.63, 3.8) is 0 Å². The number of rotatable bonds is 7. The van der Waals surface area contributed by atoms with Crippen LogP contribution in [0, 0.1) is 5.92 Å². The smallest absolute Gasteiger partial charge is 0.241 e. The first kappa shape index (κ1) is 16.9. The largest absolute Gasteiger partial charge is 0.315 e. The zero-order chi connectivity index (χ0) is 15.3. The minimum Gasteiger partial charge on any atom is -0.315 e. The lowest BCUT2D eigenvalue weighted by molar-refractivity contribution is 0.194. The van der Waals surface area contributed by atoms with Gasteiger partial charge in [-0.05, 0) is 51.5 Å². The highest BCUT2D eigenvalue weighted by Crippen LogP contribution is 2.20. The average Bonchev–Trinajstić information content (AvgIpc) is 2.96. The summed E-state index contributed by atoms with van der Waals surface area (Å²) < 4.78 is 27.3. The lowest BCUT2D eigenvalue weighted by atomic mass is 9.97. The van der Waals surface area contributed by atoms with Gasteiger partial charge >= 0.3 is 0 Å². The summed E-state index contributed by atoms with van der Waals surface area (Å²) in [6.45, 7) is 6.66. The van der Waals surface area contributed by atoms with Gasteiger partial charge in [-0.3, -0.25) is 0 Å². The Kier molecular flexibility index (Phi) is 6.19. The van der Waals surface area contributed by atoms with Gasteiger partial charge in [0.05, 0.1) is 4.90 Å². The SMILES string of the molecule is CCN1CCC(CNS(=O)(=O)c2csc(CNC)c2)CC1. The molecular formula is C14H25N3O2S2. The van der Waals surface area contributed by atoms with Crippen molar-refractivity contribution in [2.45, 2.75) is 31.2 Å². The molecule has 0 radical (unpaired) electrons. The van der Waals surface area contributed by atoms with Crippen molar-refractivity contribution in [3.8, 4) is 0 Å². The second-order valence-electron chi connectivity index (χ2n) is 5.51. The Morgan fingerprint density at radius 1 is 1.38 bits per heavy atom. The summed E-state index contributed by atoms with van der Waals surface area (Å²) in [6, 6.07) is 1.75. The van der Waals surface area contributed by atoms with Crippen LogP contribution in [-0.4, -0.2) is 46.5 Å². The molecule has 2 heterocycles. The molecule has 2 rings (SSSR count). The van der Waals surface area contributed by atoms with Crippen LogP contribution in [0.1, 0.15) is 24.6 Å². The first-order valence-electron chi connectivity index (χ1n) is 7.49. The van der Waals surface area contributed by atoms with Gasteiger partial charge in [0.2, 0.25) is 10.0 Å². The van der Waals surface area contributed by atoms with Crippen molar-refractivity contribution in [2.75, 3.05) is 33.2 Å². The van der Waals surface area contributed by atoms with E-state index in [2.05, 4.69) is 21.9 Å². The molecule has 0 saturated carbocycles. The van der Waals surface area contributed by atoms with Gasteiger partial charge < -0.3 is 10.2 Å². The van der Waals surface area contributed by atoms with Crippen LogP contribution in [-0.2, 0) is 16.6 Å². The first-order chi connectivity index (χ1) is 10.0. The van der Waals surface area contributed by atoms with Gasteiger partial charge in [-0.25, -0.2) is 13.1 Å².